The first-order valence-electron chi connectivity index (χ1n) is 16.5. The van der Waals surface area contributed by atoms with Crippen LogP contribution < -0.4 is 10.6 Å². The van der Waals surface area contributed by atoms with Crippen LogP contribution >= 0.6 is 0 Å². The van der Waals surface area contributed by atoms with Gasteiger partial charge in [-0.1, -0.05) is 43.2 Å². The lowest BCUT2D eigenvalue weighted by Gasteiger charge is -2.44. The smallest absolute Gasteiger partial charge is 0.408 e. The molecule has 1 aliphatic heterocycles. The van der Waals surface area contributed by atoms with E-state index in [9.17, 15) is 33.6 Å². The molecule has 2 N–H and O–H groups in total. The van der Waals surface area contributed by atoms with Crippen LogP contribution in [-0.2, 0) is 73.3 Å². The summed E-state index contributed by atoms with van der Waals surface area (Å²) < 4.78 is 42.8. The second-order valence-electron chi connectivity index (χ2n) is 11.5. The predicted molar refractivity (Wildman–Crippen MR) is 174 cm³/mol. The van der Waals surface area contributed by atoms with E-state index in [1.165, 1.54) is 14.0 Å². The van der Waals surface area contributed by atoms with E-state index in [1.807, 2.05) is 6.07 Å². The normalized spacial score (nSPS) is 20.1. The van der Waals surface area contributed by atoms with Crippen LogP contribution in [0.5, 0.6) is 0 Å². The van der Waals surface area contributed by atoms with Gasteiger partial charge in [-0.15, -0.1) is 0 Å². The topological polar surface area (TPSA) is 217 Å². The number of benzene rings is 1. The number of amides is 2. The van der Waals surface area contributed by atoms with Crippen LogP contribution in [0.3, 0.4) is 0 Å². The Morgan fingerprint density at radius 1 is 0.765 bits per heavy atom. The summed E-state index contributed by atoms with van der Waals surface area (Å²) in [6.07, 6.45) is -4.77. The quantitative estimate of drug-likeness (QED) is 0.112. The van der Waals surface area contributed by atoms with E-state index in [0.29, 0.717) is 25.7 Å². The van der Waals surface area contributed by atoms with Gasteiger partial charge in [0, 0.05) is 47.3 Å². The SMILES string of the molecule is COC(=O)CC[C@H](NC(=O)OCc1ccccc1)C(=O)NCCCCCCO[C@@H]1O[C@H](COC(C)=O)[C@@H](OC(C)=O)[C@H](OC(C)=O)[C@@H]1OC(C)=O. The maximum absolute atomic E-state index is 12.9. The fourth-order valence-corrected chi connectivity index (χ4v) is 4.98. The van der Waals surface area contributed by atoms with Gasteiger partial charge in [0.1, 0.15) is 25.4 Å². The zero-order valence-electron chi connectivity index (χ0n) is 29.5. The molecule has 284 valence electrons. The Balaban J connectivity index is 1.89. The van der Waals surface area contributed by atoms with Crippen molar-refractivity contribution in [1.29, 1.82) is 0 Å². The van der Waals surface area contributed by atoms with Gasteiger partial charge in [-0.2, -0.15) is 0 Å². The van der Waals surface area contributed by atoms with Gasteiger partial charge >= 0.3 is 35.9 Å². The second-order valence-corrected chi connectivity index (χ2v) is 11.5. The second kappa shape index (κ2) is 22.8. The number of methoxy groups -OCH3 is 1. The van der Waals surface area contributed by atoms with Crippen molar-refractivity contribution in [3.8, 4) is 0 Å². The molecule has 6 atom stereocenters. The molecule has 2 rings (SSSR count). The van der Waals surface area contributed by atoms with Crippen molar-refractivity contribution < 1.29 is 71.5 Å². The van der Waals surface area contributed by atoms with Crippen LogP contribution in [0, 0.1) is 0 Å². The van der Waals surface area contributed by atoms with E-state index >= 15 is 0 Å². The molecule has 0 spiro atoms. The molecule has 1 aliphatic rings. The summed E-state index contributed by atoms with van der Waals surface area (Å²) in [7, 11) is 1.23. The van der Waals surface area contributed by atoms with Gasteiger partial charge in [0.25, 0.3) is 0 Å². The zero-order chi connectivity index (χ0) is 37.8. The first-order chi connectivity index (χ1) is 24.3. The summed E-state index contributed by atoms with van der Waals surface area (Å²) in [6.45, 7) is 4.63. The lowest BCUT2D eigenvalue weighted by Crippen LogP contribution is -2.63. The molecule has 1 aromatic carbocycles. The number of carbonyl (C=O) groups is 7. The zero-order valence-corrected chi connectivity index (χ0v) is 29.5. The molecule has 17 heteroatoms. The molecule has 0 aromatic heterocycles. The summed E-state index contributed by atoms with van der Waals surface area (Å²) in [5, 5.41) is 5.26. The highest BCUT2D eigenvalue weighted by molar-refractivity contribution is 5.86. The van der Waals surface area contributed by atoms with Crippen molar-refractivity contribution in [3.63, 3.8) is 0 Å². The van der Waals surface area contributed by atoms with Gasteiger partial charge in [-0.05, 0) is 24.8 Å². The average molecular weight is 725 g/mol. The van der Waals surface area contributed by atoms with Crippen molar-refractivity contribution in [2.24, 2.45) is 0 Å². The molecule has 1 aromatic rings. The van der Waals surface area contributed by atoms with E-state index in [4.69, 9.17) is 33.2 Å². The summed E-state index contributed by atoms with van der Waals surface area (Å²) in [5.74, 6) is -3.86. The van der Waals surface area contributed by atoms with Gasteiger partial charge < -0.3 is 48.5 Å². The highest BCUT2D eigenvalue weighted by atomic mass is 16.7. The molecule has 0 bridgehead atoms. The summed E-state index contributed by atoms with van der Waals surface area (Å²) in [4.78, 5) is 84.2. The van der Waals surface area contributed by atoms with E-state index in [2.05, 4.69) is 15.4 Å². The van der Waals surface area contributed by atoms with Crippen molar-refractivity contribution in [1.82, 2.24) is 10.6 Å². The Kier molecular flexibility index (Phi) is 19.0. The third kappa shape index (κ3) is 16.7. The molecular weight excluding hydrogens is 676 g/mol. The first-order valence-corrected chi connectivity index (χ1v) is 16.5. The average Bonchev–Trinajstić information content (AvgIpc) is 3.07. The van der Waals surface area contributed by atoms with Crippen molar-refractivity contribution in [2.45, 2.75) is 110 Å². The molecule has 1 saturated heterocycles. The standard InChI is InChI=1S/C34H48N2O15/c1-21(37)46-20-27-29(48-22(2)38)30(49-23(3)39)31(50-24(4)40)33(51-27)45-18-12-7-6-11-17-35-32(42)26(15-16-28(41)44-5)36-34(43)47-19-25-13-9-8-10-14-25/h8-10,13-14,26-27,29-31,33H,6-7,11-12,15-20H2,1-5H3,(H,35,42)(H,36,43)/t26-,27+,29+,30-,31-,33+/m0/s1. The number of carbonyl (C=O) groups excluding carboxylic acids is 7. The van der Waals surface area contributed by atoms with Crippen LogP contribution in [0.4, 0.5) is 4.79 Å². The minimum absolute atomic E-state index is 0.00937. The Bertz CT molecular complexity index is 1310. The number of nitrogens with one attached hydrogen (secondary N) is 2. The summed E-state index contributed by atoms with van der Waals surface area (Å²) >= 11 is 0. The molecule has 0 aliphatic carbocycles. The maximum atomic E-state index is 12.9. The van der Waals surface area contributed by atoms with Crippen molar-refractivity contribution >= 4 is 41.8 Å². The molecule has 0 unspecified atom stereocenters. The Morgan fingerprint density at radius 3 is 2.02 bits per heavy atom. The van der Waals surface area contributed by atoms with Gasteiger partial charge in [-0.3, -0.25) is 28.8 Å². The number of esters is 5. The first kappa shape index (κ1) is 42.4. The number of alkyl carbamates (subject to hydrolysis) is 1. The van der Waals surface area contributed by atoms with Crippen molar-refractivity contribution in [2.75, 3.05) is 26.9 Å². The van der Waals surface area contributed by atoms with Crippen LogP contribution in [0.15, 0.2) is 30.3 Å². The molecule has 51 heavy (non-hydrogen) atoms. The van der Waals surface area contributed by atoms with E-state index in [-0.39, 0.29) is 39.2 Å². The molecule has 2 amide bonds. The highest BCUT2D eigenvalue weighted by Gasteiger charge is 2.52. The van der Waals surface area contributed by atoms with Crippen LogP contribution in [0.1, 0.15) is 71.8 Å². The van der Waals surface area contributed by atoms with Gasteiger partial charge in [0.2, 0.25) is 5.91 Å². The van der Waals surface area contributed by atoms with Crippen LogP contribution in [0.2, 0.25) is 0 Å². The highest BCUT2D eigenvalue weighted by Crippen LogP contribution is 2.30. The molecule has 0 saturated carbocycles. The predicted octanol–water partition coefficient (Wildman–Crippen LogP) is 2.01. The molecule has 1 fully saturated rings. The number of ether oxygens (including phenoxy) is 8. The number of hydrogen-bond donors (Lipinski definition) is 2. The minimum Gasteiger partial charge on any atom is -0.469 e. The fraction of sp³-hybridized carbons (Fsp3) is 0.618. The minimum atomic E-state index is -1.32. The number of hydrogen-bond acceptors (Lipinski definition) is 15. The fourth-order valence-electron chi connectivity index (χ4n) is 4.98. The number of rotatable bonds is 20. The van der Waals surface area contributed by atoms with Crippen LogP contribution in [-0.4, -0.2) is 105 Å². The summed E-state index contributed by atoms with van der Waals surface area (Å²) in [6, 6.07) is 7.99. The van der Waals surface area contributed by atoms with Gasteiger partial charge in [0.05, 0.1) is 7.11 Å². The lowest BCUT2D eigenvalue weighted by atomic mass is 9.98. The largest absolute Gasteiger partial charge is 0.469 e. The Hall–Kier alpha value is -4.77. The third-order valence-corrected chi connectivity index (χ3v) is 7.29. The Morgan fingerprint density at radius 2 is 1.39 bits per heavy atom. The molecule has 1 heterocycles. The summed E-state index contributed by atoms with van der Waals surface area (Å²) in [5.41, 5.74) is 0.770. The van der Waals surface area contributed by atoms with Gasteiger partial charge in [-0.25, -0.2) is 4.79 Å². The lowest BCUT2D eigenvalue weighted by molar-refractivity contribution is -0.308. The molecule has 17 nitrogen and oxygen atoms in total. The van der Waals surface area contributed by atoms with E-state index < -0.39 is 78.6 Å². The maximum Gasteiger partial charge on any atom is 0.408 e. The monoisotopic (exact) mass is 724 g/mol. The number of unbranched alkanes of at least 4 members (excludes halogenated alkanes) is 3. The van der Waals surface area contributed by atoms with Crippen LogP contribution in [0.25, 0.3) is 0 Å². The van der Waals surface area contributed by atoms with Crippen molar-refractivity contribution in [3.05, 3.63) is 35.9 Å². The molecule has 0 radical (unpaired) electrons. The van der Waals surface area contributed by atoms with E-state index in [0.717, 1.165) is 26.3 Å². The van der Waals surface area contributed by atoms with E-state index in [1.54, 1.807) is 24.3 Å². The van der Waals surface area contributed by atoms with Gasteiger partial charge in [0.15, 0.2) is 24.6 Å². The molecular formula is C34H48N2O15. The third-order valence-electron chi connectivity index (χ3n) is 7.29. The Labute approximate surface area is 296 Å².